The van der Waals surface area contributed by atoms with E-state index in [-0.39, 0.29) is 12.6 Å². The number of carboxylic acids is 1. The summed E-state index contributed by atoms with van der Waals surface area (Å²) in [4.78, 5) is 24.1. The molecule has 0 radical (unpaired) electrons. The van der Waals surface area contributed by atoms with E-state index in [1.807, 2.05) is 17.5 Å². The Kier molecular flexibility index (Phi) is 5.05. The maximum atomic E-state index is 12.0. The predicted molar refractivity (Wildman–Crippen MR) is 83.8 cm³/mol. The first kappa shape index (κ1) is 15.9. The third kappa shape index (κ3) is 4.01. The second-order valence-corrected chi connectivity index (χ2v) is 5.53. The van der Waals surface area contributed by atoms with Crippen LogP contribution in [-0.2, 0) is 4.79 Å². The van der Waals surface area contributed by atoms with Crippen LogP contribution in [0.5, 0.6) is 0 Å². The van der Waals surface area contributed by atoms with Gasteiger partial charge >= 0.3 is 12.0 Å². The number of rotatable bonds is 5. The number of nitrogens with one attached hydrogen (secondary N) is 1. The highest BCUT2D eigenvalue weighted by Crippen LogP contribution is 2.20. The second-order valence-electron chi connectivity index (χ2n) is 4.92. The fourth-order valence-corrected chi connectivity index (χ4v) is 2.27. The number of urea groups is 1. The van der Waals surface area contributed by atoms with E-state index in [4.69, 9.17) is 5.11 Å². The number of hydrogen-bond donors (Lipinski definition) is 2. The molecule has 1 aromatic carbocycles. The molecule has 0 fully saturated rings. The molecular formula is C14H16N4O3S. The van der Waals surface area contributed by atoms with Gasteiger partial charge in [-0.2, -0.15) is 0 Å². The van der Waals surface area contributed by atoms with Crippen LogP contribution in [0.25, 0.3) is 11.3 Å². The largest absolute Gasteiger partial charge is 0.481 e. The van der Waals surface area contributed by atoms with E-state index in [9.17, 15) is 9.59 Å². The molecule has 116 valence electrons. The molecule has 0 spiro atoms. The summed E-state index contributed by atoms with van der Waals surface area (Å²) in [5.41, 5.74) is 2.33. The molecule has 2 amide bonds. The van der Waals surface area contributed by atoms with Gasteiger partial charge in [0.2, 0.25) is 0 Å². The molecule has 0 aliphatic carbocycles. The Morgan fingerprint density at radius 3 is 2.59 bits per heavy atom. The summed E-state index contributed by atoms with van der Waals surface area (Å²) in [6.07, 6.45) is 0. The molecule has 1 heterocycles. The standard InChI is InChI=1S/C14H16N4O3S/c1-9(13(19)20)7-18(2)14(21)15-11-5-3-10(4-6-11)12-8-22-17-16-12/h3-6,8-9H,7H2,1-2H3,(H,15,21)(H,19,20). The Balaban J connectivity index is 1.95. The molecule has 0 saturated carbocycles. The molecule has 2 aromatic rings. The van der Waals surface area contributed by atoms with Crippen molar-refractivity contribution >= 4 is 29.2 Å². The van der Waals surface area contributed by atoms with Crippen LogP contribution >= 0.6 is 11.5 Å². The molecule has 1 unspecified atom stereocenters. The first-order valence-corrected chi connectivity index (χ1v) is 7.43. The SMILES string of the molecule is CC(CN(C)C(=O)Nc1ccc(-c2csnn2)cc1)C(=O)O. The van der Waals surface area contributed by atoms with Crippen molar-refractivity contribution in [2.45, 2.75) is 6.92 Å². The van der Waals surface area contributed by atoms with Gasteiger partial charge in [0, 0.05) is 30.2 Å². The van der Waals surface area contributed by atoms with Gasteiger partial charge in [-0.05, 0) is 23.7 Å². The average Bonchev–Trinajstić information content (AvgIpc) is 3.02. The number of carboxylic acid groups (broad SMARTS) is 1. The van der Waals surface area contributed by atoms with Gasteiger partial charge in [0.1, 0.15) is 5.69 Å². The van der Waals surface area contributed by atoms with E-state index in [0.29, 0.717) is 5.69 Å². The summed E-state index contributed by atoms with van der Waals surface area (Å²) >= 11 is 1.28. The summed E-state index contributed by atoms with van der Waals surface area (Å²) in [7, 11) is 1.56. The third-order valence-corrected chi connectivity index (χ3v) is 3.61. The Bertz CT molecular complexity index is 643. The summed E-state index contributed by atoms with van der Waals surface area (Å²) < 4.78 is 3.80. The number of nitrogens with zero attached hydrogens (tertiary/aromatic N) is 3. The normalized spacial score (nSPS) is 11.7. The number of aliphatic carboxylic acids is 1. The number of carbonyl (C=O) groups is 2. The minimum atomic E-state index is -0.930. The second kappa shape index (κ2) is 6.99. The van der Waals surface area contributed by atoms with Crippen LogP contribution in [0.1, 0.15) is 6.92 Å². The molecule has 1 aromatic heterocycles. The lowest BCUT2D eigenvalue weighted by atomic mass is 10.1. The molecule has 7 nitrogen and oxygen atoms in total. The van der Waals surface area contributed by atoms with Gasteiger partial charge in [-0.15, -0.1) is 5.10 Å². The van der Waals surface area contributed by atoms with E-state index >= 15 is 0 Å². The van der Waals surface area contributed by atoms with Gasteiger partial charge in [-0.3, -0.25) is 4.79 Å². The number of benzene rings is 1. The minimum Gasteiger partial charge on any atom is -0.481 e. The van der Waals surface area contributed by atoms with Crippen molar-refractivity contribution < 1.29 is 14.7 Å². The van der Waals surface area contributed by atoms with Crippen LogP contribution in [-0.4, -0.2) is 45.2 Å². The van der Waals surface area contributed by atoms with Crippen molar-refractivity contribution in [3.63, 3.8) is 0 Å². The molecule has 1 atom stereocenters. The number of amides is 2. The predicted octanol–water partition coefficient (Wildman–Crippen LogP) is 2.39. The maximum Gasteiger partial charge on any atom is 0.321 e. The summed E-state index contributed by atoms with van der Waals surface area (Å²) in [6.45, 7) is 1.70. The zero-order valence-corrected chi connectivity index (χ0v) is 13.0. The van der Waals surface area contributed by atoms with Crippen LogP contribution in [0.15, 0.2) is 29.6 Å². The van der Waals surface area contributed by atoms with Crippen molar-refractivity contribution in [3.05, 3.63) is 29.6 Å². The quantitative estimate of drug-likeness (QED) is 0.882. The van der Waals surface area contributed by atoms with E-state index in [1.54, 1.807) is 26.1 Å². The Morgan fingerprint density at radius 1 is 1.36 bits per heavy atom. The van der Waals surface area contributed by atoms with Crippen molar-refractivity contribution in [2.24, 2.45) is 5.92 Å². The first-order valence-electron chi connectivity index (χ1n) is 6.60. The van der Waals surface area contributed by atoms with Crippen molar-refractivity contribution in [1.29, 1.82) is 0 Å². The average molecular weight is 320 g/mol. The van der Waals surface area contributed by atoms with Crippen molar-refractivity contribution in [1.82, 2.24) is 14.5 Å². The minimum absolute atomic E-state index is 0.143. The fraction of sp³-hybridized carbons (Fsp3) is 0.286. The molecule has 2 rings (SSSR count). The summed E-state index contributed by atoms with van der Waals surface area (Å²) in [5.74, 6) is -1.55. The zero-order valence-electron chi connectivity index (χ0n) is 12.2. The van der Waals surface area contributed by atoms with Crippen LogP contribution in [0.2, 0.25) is 0 Å². The number of anilines is 1. The van der Waals surface area contributed by atoms with Crippen LogP contribution in [0.4, 0.5) is 10.5 Å². The molecule has 0 saturated heterocycles. The lowest BCUT2D eigenvalue weighted by Crippen LogP contribution is -2.36. The van der Waals surface area contributed by atoms with Crippen molar-refractivity contribution in [2.75, 3.05) is 18.9 Å². The monoisotopic (exact) mass is 320 g/mol. The summed E-state index contributed by atoms with van der Waals surface area (Å²) in [5, 5.41) is 17.4. The third-order valence-electron chi connectivity index (χ3n) is 3.11. The molecule has 0 bridgehead atoms. The lowest BCUT2D eigenvalue weighted by molar-refractivity contribution is -0.141. The summed E-state index contributed by atoms with van der Waals surface area (Å²) in [6, 6.07) is 6.86. The maximum absolute atomic E-state index is 12.0. The van der Waals surface area contributed by atoms with Gasteiger partial charge in [0.05, 0.1) is 5.92 Å². The molecular weight excluding hydrogens is 304 g/mol. The van der Waals surface area contributed by atoms with Gasteiger partial charge in [0.15, 0.2) is 0 Å². The topological polar surface area (TPSA) is 95.4 Å². The van der Waals surface area contributed by atoms with Crippen molar-refractivity contribution in [3.8, 4) is 11.3 Å². The molecule has 0 aliphatic rings. The van der Waals surface area contributed by atoms with Crippen LogP contribution in [0.3, 0.4) is 0 Å². The van der Waals surface area contributed by atoms with E-state index in [2.05, 4.69) is 14.9 Å². The Labute approximate surface area is 131 Å². The van der Waals surface area contributed by atoms with E-state index < -0.39 is 11.9 Å². The van der Waals surface area contributed by atoms with Gasteiger partial charge in [-0.25, -0.2) is 4.79 Å². The van der Waals surface area contributed by atoms with E-state index in [1.165, 1.54) is 16.4 Å². The Hall–Kier alpha value is -2.48. The van der Waals surface area contributed by atoms with Crippen LogP contribution in [0, 0.1) is 5.92 Å². The fourth-order valence-electron chi connectivity index (χ4n) is 1.81. The smallest absolute Gasteiger partial charge is 0.321 e. The lowest BCUT2D eigenvalue weighted by Gasteiger charge is -2.20. The van der Waals surface area contributed by atoms with E-state index in [0.717, 1.165) is 11.3 Å². The van der Waals surface area contributed by atoms with Gasteiger partial charge < -0.3 is 15.3 Å². The van der Waals surface area contributed by atoms with Crippen LogP contribution < -0.4 is 5.32 Å². The zero-order chi connectivity index (χ0) is 16.1. The number of carbonyl (C=O) groups excluding carboxylic acids is 1. The highest BCUT2D eigenvalue weighted by Gasteiger charge is 2.17. The Morgan fingerprint density at radius 2 is 2.05 bits per heavy atom. The molecule has 22 heavy (non-hydrogen) atoms. The number of hydrogen-bond acceptors (Lipinski definition) is 5. The molecule has 2 N–H and O–H groups in total. The molecule has 8 heteroatoms. The first-order chi connectivity index (χ1) is 10.5. The molecule has 0 aliphatic heterocycles. The number of aromatic nitrogens is 2. The van der Waals surface area contributed by atoms with Gasteiger partial charge in [0.25, 0.3) is 0 Å². The highest BCUT2D eigenvalue weighted by molar-refractivity contribution is 7.03. The van der Waals surface area contributed by atoms with Gasteiger partial charge in [-0.1, -0.05) is 23.5 Å². The highest BCUT2D eigenvalue weighted by atomic mass is 32.1.